The van der Waals surface area contributed by atoms with Crippen LogP contribution in [0.3, 0.4) is 0 Å². The Bertz CT molecular complexity index is 1490. The van der Waals surface area contributed by atoms with Crippen molar-refractivity contribution >= 4 is 29.1 Å². The number of hydrogen-bond acceptors (Lipinski definition) is 6. The van der Waals surface area contributed by atoms with Crippen molar-refractivity contribution in [2.75, 3.05) is 25.6 Å². The van der Waals surface area contributed by atoms with Crippen molar-refractivity contribution in [3.8, 4) is 0 Å². The van der Waals surface area contributed by atoms with Crippen LogP contribution in [0.4, 0.5) is 5.69 Å². The van der Waals surface area contributed by atoms with Gasteiger partial charge in [0.05, 0.1) is 28.5 Å². The van der Waals surface area contributed by atoms with E-state index in [4.69, 9.17) is 4.74 Å². The van der Waals surface area contributed by atoms with E-state index in [-0.39, 0.29) is 17.6 Å². The summed E-state index contributed by atoms with van der Waals surface area (Å²) in [4.78, 5) is 34.0. The van der Waals surface area contributed by atoms with Gasteiger partial charge in [0.15, 0.2) is 4.80 Å². The highest BCUT2D eigenvalue weighted by Gasteiger charge is 2.33. The minimum Gasteiger partial charge on any atom is -0.463 e. The van der Waals surface area contributed by atoms with Crippen LogP contribution in [-0.2, 0) is 14.9 Å². The van der Waals surface area contributed by atoms with E-state index in [1.165, 1.54) is 16.9 Å². The fourth-order valence-electron chi connectivity index (χ4n) is 4.29. The fourth-order valence-corrected chi connectivity index (χ4v) is 5.34. The van der Waals surface area contributed by atoms with Crippen molar-refractivity contribution < 1.29 is 9.53 Å². The monoisotopic (exact) mass is 503 g/mol. The summed E-state index contributed by atoms with van der Waals surface area (Å²) in [6.45, 7) is 10.3. The van der Waals surface area contributed by atoms with Crippen molar-refractivity contribution in [2.24, 2.45) is 4.99 Å². The van der Waals surface area contributed by atoms with E-state index in [2.05, 4.69) is 37.9 Å². The molecule has 0 spiro atoms. The van der Waals surface area contributed by atoms with Crippen LogP contribution in [0.1, 0.15) is 57.4 Å². The van der Waals surface area contributed by atoms with E-state index in [0.29, 0.717) is 20.6 Å². The van der Waals surface area contributed by atoms with Crippen molar-refractivity contribution in [1.82, 2.24) is 4.57 Å². The molecular weight excluding hydrogens is 470 g/mol. The summed E-state index contributed by atoms with van der Waals surface area (Å²) >= 11 is 1.34. The molecule has 6 nitrogen and oxygen atoms in total. The number of carbonyl (C=O) groups is 1. The number of thiazole rings is 1. The van der Waals surface area contributed by atoms with Gasteiger partial charge < -0.3 is 9.64 Å². The topological polar surface area (TPSA) is 63.9 Å². The molecule has 0 aliphatic carbocycles. The van der Waals surface area contributed by atoms with E-state index in [9.17, 15) is 9.59 Å². The molecule has 0 saturated heterocycles. The van der Waals surface area contributed by atoms with Gasteiger partial charge in [0.1, 0.15) is 0 Å². The Morgan fingerprint density at radius 1 is 1.11 bits per heavy atom. The standard InChI is InChI=1S/C29H33N3O3S/c1-8-35-27(34)24-18(2)30-28-32(25(24)20-11-15-22(16-12-20)31(6)7)26(33)23(36-28)17-19-9-13-21(14-10-19)29(3,4)5/h9-17,25H,8H2,1-7H3/b23-17-/t25-/m1/s1. The largest absolute Gasteiger partial charge is 0.463 e. The zero-order valence-corrected chi connectivity index (χ0v) is 22.8. The molecule has 7 heteroatoms. The minimum absolute atomic E-state index is 0.0566. The molecule has 0 radical (unpaired) electrons. The minimum atomic E-state index is -0.609. The van der Waals surface area contributed by atoms with E-state index in [0.717, 1.165) is 16.8 Å². The molecule has 3 aromatic rings. The first-order chi connectivity index (χ1) is 17.0. The lowest BCUT2D eigenvalue weighted by Gasteiger charge is -2.25. The molecule has 36 heavy (non-hydrogen) atoms. The van der Waals surface area contributed by atoms with Gasteiger partial charge in [-0.1, -0.05) is 68.5 Å². The molecule has 0 fully saturated rings. The van der Waals surface area contributed by atoms with E-state index in [1.54, 1.807) is 18.4 Å². The molecule has 0 amide bonds. The van der Waals surface area contributed by atoms with Crippen molar-refractivity contribution in [1.29, 1.82) is 0 Å². The lowest BCUT2D eigenvalue weighted by Crippen LogP contribution is -2.39. The van der Waals surface area contributed by atoms with E-state index >= 15 is 0 Å². The Morgan fingerprint density at radius 2 is 1.75 bits per heavy atom. The van der Waals surface area contributed by atoms with Gasteiger partial charge in [0.25, 0.3) is 5.56 Å². The van der Waals surface area contributed by atoms with Gasteiger partial charge in [0.2, 0.25) is 0 Å². The van der Waals surface area contributed by atoms with Crippen LogP contribution in [0.2, 0.25) is 0 Å². The number of esters is 1. The van der Waals surface area contributed by atoms with Crippen LogP contribution in [0.25, 0.3) is 6.08 Å². The van der Waals surface area contributed by atoms with Crippen LogP contribution in [0, 0.1) is 0 Å². The molecule has 1 atom stereocenters. The normalized spacial score (nSPS) is 16.0. The summed E-state index contributed by atoms with van der Waals surface area (Å²) in [7, 11) is 3.94. The van der Waals surface area contributed by atoms with Gasteiger partial charge in [-0.2, -0.15) is 0 Å². The molecule has 1 aliphatic rings. The Hall–Kier alpha value is -3.45. The van der Waals surface area contributed by atoms with E-state index in [1.807, 2.05) is 61.5 Å². The molecule has 2 aromatic carbocycles. The van der Waals surface area contributed by atoms with Crippen molar-refractivity contribution in [2.45, 2.75) is 46.1 Å². The third-order valence-electron chi connectivity index (χ3n) is 6.32. The molecule has 1 aliphatic heterocycles. The van der Waals surface area contributed by atoms with Gasteiger partial charge in [0, 0.05) is 19.8 Å². The summed E-state index contributed by atoms with van der Waals surface area (Å²) in [5, 5.41) is 0. The summed E-state index contributed by atoms with van der Waals surface area (Å²) in [6.07, 6.45) is 1.89. The van der Waals surface area contributed by atoms with Crippen LogP contribution in [-0.4, -0.2) is 31.2 Å². The SMILES string of the molecule is CCOC(=O)C1=C(C)N=c2s/c(=C\c3ccc(C(C)(C)C)cc3)c(=O)n2[C@@H]1c1ccc(N(C)C)cc1. The fraction of sp³-hybridized carbons (Fsp3) is 0.345. The molecule has 188 valence electrons. The van der Waals surface area contributed by atoms with E-state index < -0.39 is 12.0 Å². The van der Waals surface area contributed by atoms with Gasteiger partial charge in [-0.25, -0.2) is 9.79 Å². The number of rotatable bonds is 5. The second-order valence-corrected chi connectivity index (χ2v) is 11.2. The van der Waals surface area contributed by atoms with Crippen LogP contribution < -0.4 is 19.8 Å². The second-order valence-electron chi connectivity index (χ2n) is 10.2. The first-order valence-corrected chi connectivity index (χ1v) is 12.9. The number of anilines is 1. The highest BCUT2D eigenvalue weighted by molar-refractivity contribution is 7.07. The Labute approximate surface area is 215 Å². The van der Waals surface area contributed by atoms with Gasteiger partial charge >= 0.3 is 5.97 Å². The van der Waals surface area contributed by atoms with Crippen molar-refractivity contribution in [3.05, 3.63) is 96.2 Å². The number of allylic oxidation sites excluding steroid dienone is 1. The lowest BCUT2D eigenvalue weighted by atomic mass is 9.87. The number of fused-ring (bicyclic) bond motifs is 1. The number of nitrogens with zero attached hydrogens (tertiary/aromatic N) is 3. The number of carbonyl (C=O) groups excluding carboxylic acids is 1. The zero-order valence-electron chi connectivity index (χ0n) is 22.0. The lowest BCUT2D eigenvalue weighted by molar-refractivity contribution is -0.139. The second kappa shape index (κ2) is 9.90. The third kappa shape index (κ3) is 4.93. The predicted molar refractivity (Wildman–Crippen MR) is 146 cm³/mol. The number of hydrogen-bond donors (Lipinski definition) is 0. The molecule has 4 rings (SSSR count). The van der Waals surface area contributed by atoms with Gasteiger partial charge in [-0.05, 0) is 54.2 Å². The maximum absolute atomic E-state index is 13.7. The first-order valence-electron chi connectivity index (χ1n) is 12.1. The zero-order chi connectivity index (χ0) is 26.2. The molecule has 0 N–H and O–H groups in total. The Balaban J connectivity index is 1.88. The average molecular weight is 504 g/mol. The van der Waals surface area contributed by atoms with Crippen molar-refractivity contribution in [3.63, 3.8) is 0 Å². The summed E-state index contributed by atoms with van der Waals surface area (Å²) < 4.78 is 7.58. The van der Waals surface area contributed by atoms with Crippen LogP contribution in [0.5, 0.6) is 0 Å². The summed E-state index contributed by atoms with van der Waals surface area (Å²) in [5.41, 5.74) is 4.89. The first kappa shape index (κ1) is 25.6. The quantitative estimate of drug-likeness (QED) is 0.491. The number of ether oxygens (including phenoxy) is 1. The number of aromatic nitrogens is 1. The smallest absolute Gasteiger partial charge is 0.338 e. The Kier molecular flexibility index (Phi) is 7.05. The van der Waals surface area contributed by atoms with Gasteiger partial charge in [-0.15, -0.1) is 0 Å². The summed E-state index contributed by atoms with van der Waals surface area (Å²) in [5.74, 6) is -0.451. The molecule has 0 saturated carbocycles. The van der Waals surface area contributed by atoms with Crippen LogP contribution in [0.15, 0.2) is 69.6 Å². The average Bonchev–Trinajstić information content (AvgIpc) is 3.12. The predicted octanol–water partition coefficient (Wildman–Crippen LogP) is 4.16. The Morgan fingerprint density at radius 3 is 2.31 bits per heavy atom. The molecular formula is C29H33N3O3S. The molecule has 0 unspecified atom stereocenters. The van der Waals surface area contributed by atoms with Gasteiger partial charge in [-0.3, -0.25) is 9.36 Å². The summed E-state index contributed by atoms with van der Waals surface area (Å²) in [6, 6.07) is 15.5. The highest BCUT2D eigenvalue weighted by Crippen LogP contribution is 2.31. The third-order valence-corrected chi connectivity index (χ3v) is 7.30. The number of benzene rings is 2. The molecule has 0 bridgehead atoms. The molecule has 1 aromatic heterocycles. The molecule has 2 heterocycles. The van der Waals surface area contributed by atoms with Crippen LogP contribution >= 0.6 is 11.3 Å². The maximum Gasteiger partial charge on any atom is 0.338 e. The highest BCUT2D eigenvalue weighted by atomic mass is 32.1. The maximum atomic E-state index is 13.7.